The molecular formula is C23H38IN5O. The Morgan fingerprint density at radius 2 is 1.87 bits per heavy atom. The number of halogens is 1. The van der Waals surface area contributed by atoms with Crippen LogP contribution >= 0.6 is 24.0 Å². The summed E-state index contributed by atoms with van der Waals surface area (Å²) in [7, 11) is 3.69. The number of guanidine groups is 1. The van der Waals surface area contributed by atoms with Gasteiger partial charge in [-0.1, -0.05) is 26.0 Å². The quantitative estimate of drug-likeness (QED) is 0.308. The van der Waals surface area contributed by atoms with Crippen LogP contribution in [0.1, 0.15) is 50.2 Å². The number of ether oxygens (including phenoxy) is 1. The van der Waals surface area contributed by atoms with E-state index in [4.69, 9.17) is 9.73 Å². The summed E-state index contributed by atoms with van der Waals surface area (Å²) in [5.41, 5.74) is 4.79. The third-order valence-corrected chi connectivity index (χ3v) is 5.40. The summed E-state index contributed by atoms with van der Waals surface area (Å²) >= 11 is 0. The summed E-state index contributed by atoms with van der Waals surface area (Å²) in [5.74, 6) is 1.72. The summed E-state index contributed by atoms with van der Waals surface area (Å²) in [6, 6.07) is 8.49. The fourth-order valence-corrected chi connectivity index (χ4v) is 3.43. The number of aliphatic imine (C=N–C) groups is 1. The highest BCUT2D eigenvalue weighted by atomic mass is 127. The molecule has 0 aliphatic rings. The van der Waals surface area contributed by atoms with Crippen molar-refractivity contribution in [3.8, 4) is 5.75 Å². The van der Waals surface area contributed by atoms with E-state index in [9.17, 15) is 0 Å². The lowest BCUT2D eigenvalue weighted by Gasteiger charge is -2.25. The van der Waals surface area contributed by atoms with E-state index in [0.29, 0.717) is 6.54 Å². The zero-order valence-electron chi connectivity index (χ0n) is 19.7. The Morgan fingerprint density at radius 3 is 2.37 bits per heavy atom. The Kier molecular flexibility index (Phi) is 10.1. The van der Waals surface area contributed by atoms with Gasteiger partial charge in [-0.3, -0.25) is 9.67 Å². The first-order chi connectivity index (χ1) is 13.7. The zero-order chi connectivity index (χ0) is 21.6. The topological polar surface area (TPSA) is 63.5 Å². The number of benzene rings is 1. The predicted molar refractivity (Wildman–Crippen MR) is 136 cm³/mol. The second kappa shape index (κ2) is 11.6. The number of methoxy groups -OCH3 is 1. The molecule has 0 spiro atoms. The average Bonchev–Trinajstić information content (AvgIpc) is 2.92. The van der Waals surface area contributed by atoms with E-state index in [1.54, 1.807) is 7.11 Å². The number of aromatic nitrogens is 2. The highest BCUT2D eigenvalue weighted by Gasteiger charge is 2.21. The molecule has 2 aromatic rings. The van der Waals surface area contributed by atoms with E-state index < -0.39 is 0 Å². The van der Waals surface area contributed by atoms with Crippen molar-refractivity contribution < 1.29 is 4.74 Å². The maximum absolute atomic E-state index is 5.27. The zero-order valence-corrected chi connectivity index (χ0v) is 22.0. The second-order valence-electron chi connectivity index (χ2n) is 8.33. The summed E-state index contributed by atoms with van der Waals surface area (Å²) < 4.78 is 7.22. The van der Waals surface area contributed by atoms with Gasteiger partial charge in [-0.05, 0) is 57.4 Å². The van der Waals surface area contributed by atoms with E-state index in [1.807, 2.05) is 23.9 Å². The van der Waals surface area contributed by atoms with Crippen molar-refractivity contribution in [3.63, 3.8) is 0 Å². The van der Waals surface area contributed by atoms with Crippen LogP contribution in [0.2, 0.25) is 0 Å². The maximum atomic E-state index is 5.27. The normalized spacial score (nSPS) is 12.9. The molecule has 0 bridgehead atoms. The molecule has 1 aromatic heterocycles. The van der Waals surface area contributed by atoms with Crippen LogP contribution in [-0.4, -0.2) is 42.0 Å². The van der Waals surface area contributed by atoms with Crippen LogP contribution in [0, 0.1) is 13.8 Å². The van der Waals surface area contributed by atoms with Gasteiger partial charge in [0.1, 0.15) is 5.75 Å². The molecule has 2 rings (SSSR count). The molecule has 168 valence electrons. The first kappa shape index (κ1) is 26.3. The van der Waals surface area contributed by atoms with Crippen LogP contribution in [0.3, 0.4) is 0 Å². The Labute approximate surface area is 198 Å². The number of rotatable bonds is 8. The first-order valence-corrected chi connectivity index (χ1v) is 10.4. The second-order valence-corrected chi connectivity index (χ2v) is 8.33. The lowest BCUT2D eigenvalue weighted by molar-refractivity contribution is 0.414. The van der Waals surface area contributed by atoms with Gasteiger partial charge in [-0.2, -0.15) is 5.10 Å². The fraction of sp³-hybridized carbons (Fsp3) is 0.565. The number of hydrogen-bond donors (Lipinski definition) is 2. The number of nitrogens with zero attached hydrogens (tertiary/aromatic N) is 3. The van der Waals surface area contributed by atoms with Crippen molar-refractivity contribution >= 4 is 29.9 Å². The maximum Gasteiger partial charge on any atom is 0.191 e. The Hall–Kier alpha value is -1.77. The van der Waals surface area contributed by atoms with E-state index >= 15 is 0 Å². The lowest BCUT2D eigenvalue weighted by Crippen LogP contribution is -2.43. The Bertz CT molecular complexity index is 827. The molecule has 0 saturated heterocycles. The molecular weight excluding hydrogens is 489 g/mol. The SMILES string of the molecule is CCNC(=NCC(C)(C)c1ccc(OC)cc1)NC(C)Cc1c(C)nn(C)c1C.I. The molecule has 1 aromatic carbocycles. The lowest BCUT2D eigenvalue weighted by atomic mass is 9.85. The molecule has 0 amide bonds. The molecule has 1 atom stereocenters. The molecule has 0 aliphatic heterocycles. The van der Waals surface area contributed by atoms with Crippen LogP contribution < -0.4 is 15.4 Å². The standard InChI is InChI=1S/C23H37N5O.HI/c1-9-24-22(26-16(2)14-21-17(3)27-28(7)18(21)4)25-15-23(5,6)19-10-12-20(29-8)13-11-19;/h10-13,16H,9,14-15H2,1-8H3,(H2,24,25,26);1H. The predicted octanol–water partition coefficient (Wildman–Crippen LogP) is 4.13. The van der Waals surface area contributed by atoms with Crippen molar-refractivity contribution in [2.24, 2.45) is 12.0 Å². The molecule has 1 unspecified atom stereocenters. The van der Waals surface area contributed by atoms with Gasteiger partial charge >= 0.3 is 0 Å². The van der Waals surface area contributed by atoms with Crippen LogP contribution in [0.5, 0.6) is 5.75 Å². The molecule has 1 heterocycles. The van der Waals surface area contributed by atoms with Crippen molar-refractivity contribution in [2.45, 2.75) is 59.4 Å². The highest BCUT2D eigenvalue weighted by molar-refractivity contribution is 14.0. The van der Waals surface area contributed by atoms with Gasteiger partial charge in [0.25, 0.3) is 0 Å². The molecule has 6 nitrogen and oxygen atoms in total. The van der Waals surface area contributed by atoms with E-state index in [2.05, 4.69) is 69.4 Å². The van der Waals surface area contributed by atoms with E-state index in [0.717, 1.165) is 30.4 Å². The van der Waals surface area contributed by atoms with Crippen LogP contribution in [0.25, 0.3) is 0 Å². The first-order valence-electron chi connectivity index (χ1n) is 10.4. The third-order valence-electron chi connectivity index (χ3n) is 5.40. The van der Waals surface area contributed by atoms with Crippen molar-refractivity contribution in [1.29, 1.82) is 0 Å². The summed E-state index contributed by atoms with van der Waals surface area (Å²) in [4.78, 5) is 4.88. The van der Waals surface area contributed by atoms with Gasteiger partial charge in [-0.25, -0.2) is 0 Å². The van der Waals surface area contributed by atoms with Crippen molar-refractivity contribution in [3.05, 3.63) is 46.8 Å². The monoisotopic (exact) mass is 527 g/mol. The average molecular weight is 527 g/mol. The fourth-order valence-electron chi connectivity index (χ4n) is 3.43. The van der Waals surface area contributed by atoms with Crippen LogP contribution in [-0.2, 0) is 18.9 Å². The molecule has 0 fully saturated rings. The summed E-state index contributed by atoms with van der Waals surface area (Å²) in [5, 5.41) is 11.5. The van der Waals surface area contributed by atoms with Gasteiger partial charge < -0.3 is 15.4 Å². The van der Waals surface area contributed by atoms with E-state index in [1.165, 1.54) is 16.8 Å². The van der Waals surface area contributed by atoms with Gasteiger partial charge in [0, 0.05) is 30.7 Å². The van der Waals surface area contributed by atoms with Crippen molar-refractivity contribution in [2.75, 3.05) is 20.2 Å². The van der Waals surface area contributed by atoms with Crippen molar-refractivity contribution in [1.82, 2.24) is 20.4 Å². The van der Waals surface area contributed by atoms with Gasteiger partial charge in [0.15, 0.2) is 5.96 Å². The molecule has 7 heteroatoms. The molecule has 0 aliphatic carbocycles. The van der Waals surface area contributed by atoms with Gasteiger partial charge in [-0.15, -0.1) is 24.0 Å². The largest absolute Gasteiger partial charge is 0.497 e. The summed E-state index contributed by atoms with van der Waals surface area (Å²) in [6.07, 6.45) is 0.914. The minimum absolute atomic E-state index is 0. The minimum Gasteiger partial charge on any atom is -0.497 e. The number of aryl methyl sites for hydroxylation is 2. The van der Waals surface area contributed by atoms with Gasteiger partial charge in [0.05, 0.1) is 19.3 Å². The molecule has 30 heavy (non-hydrogen) atoms. The Balaban J connectivity index is 0.00000450. The molecule has 0 saturated carbocycles. The van der Waals surface area contributed by atoms with Crippen LogP contribution in [0.4, 0.5) is 0 Å². The molecule has 0 radical (unpaired) electrons. The Morgan fingerprint density at radius 1 is 1.23 bits per heavy atom. The smallest absolute Gasteiger partial charge is 0.191 e. The molecule has 2 N–H and O–H groups in total. The van der Waals surface area contributed by atoms with Gasteiger partial charge in [0.2, 0.25) is 0 Å². The summed E-state index contributed by atoms with van der Waals surface area (Å²) in [6.45, 7) is 14.4. The van der Waals surface area contributed by atoms with E-state index in [-0.39, 0.29) is 35.4 Å². The number of nitrogens with one attached hydrogen (secondary N) is 2. The third kappa shape index (κ3) is 6.89. The highest BCUT2D eigenvalue weighted by Crippen LogP contribution is 2.25. The van der Waals surface area contributed by atoms with Crippen LogP contribution in [0.15, 0.2) is 29.3 Å². The minimum atomic E-state index is -0.0750. The number of hydrogen-bond acceptors (Lipinski definition) is 3.